The average molecular weight is 324 g/mol. The standard InChI is InChI=1S/C21H28N2O/c1-16-13-20(15-23(16)14-18-7-5-4-6-8-18)22-17(2)19-9-11-21(24-3)12-10-19/h4-12,16-17,20,22H,13-15H2,1-3H3. The molecule has 3 atom stereocenters. The summed E-state index contributed by atoms with van der Waals surface area (Å²) in [7, 11) is 1.71. The molecule has 1 saturated heterocycles. The molecule has 0 aliphatic carbocycles. The third kappa shape index (κ3) is 4.16. The summed E-state index contributed by atoms with van der Waals surface area (Å²) in [5.74, 6) is 0.912. The Morgan fingerprint density at radius 3 is 2.50 bits per heavy atom. The lowest BCUT2D eigenvalue weighted by Gasteiger charge is -2.22. The summed E-state index contributed by atoms with van der Waals surface area (Å²) in [5.41, 5.74) is 2.71. The summed E-state index contributed by atoms with van der Waals surface area (Å²) in [4.78, 5) is 2.58. The summed E-state index contributed by atoms with van der Waals surface area (Å²) >= 11 is 0. The number of hydrogen-bond donors (Lipinski definition) is 1. The molecular formula is C21H28N2O. The van der Waals surface area contributed by atoms with Gasteiger partial charge >= 0.3 is 0 Å². The van der Waals surface area contributed by atoms with Crippen molar-refractivity contribution >= 4 is 0 Å². The van der Waals surface area contributed by atoms with E-state index in [9.17, 15) is 0 Å². The minimum atomic E-state index is 0.352. The maximum atomic E-state index is 5.24. The molecule has 0 radical (unpaired) electrons. The van der Waals surface area contributed by atoms with E-state index >= 15 is 0 Å². The quantitative estimate of drug-likeness (QED) is 0.869. The second-order valence-electron chi connectivity index (χ2n) is 6.86. The normalized spacial score (nSPS) is 22.5. The largest absolute Gasteiger partial charge is 0.497 e. The first kappa shape index (κ1) is 17.0. The number of hydrogen-bond acceptors (Lipinski definition) is 3. The molecule has 128 valence electrons. The highest BCUT2D eigenvalue weighted by Gasteiger charge is 2.29. The lowest BCUT2D eigenvalue weighted by atomic mass is 10.1. The summed E-state index contributed by atoms with van der Waals surface area (Å²) in [5, 5.41) is 3.80. The molecule has 24 heavy (non-hydrogen) atoms. The van der Waals surface area contributed by atoms with Crippen LogP contribution in [0.2, 0.25) is 0 Å². The predicted octanol–water partition coefficient (Wildman–Crippen LogP) is 4.01. The van der Waals surface area contributed by atoms with Crippen LogP contribution in [0.25, 0.3) is 0 Å². The molecule has 3 nitrogen and oxygen atoms in total. The fourth-order valence-corrected chi connectivity index (χ4v) is 3.60. The summed E-state index contributed by atoms with van der Waals surface area (Å²) in [6.07, 6.45) is 1.20. The number of nitrogens with one attached hydrogen (secondary N) is 1. The first-order chi connectivity index (χ1) is 11.7. The number of rotatable bonds is 6. The van der Waals surface area contributed by atoms with E-state index in [1.807, 2.05) is 12.1 Å². The zero-order chi connectivity index (χ0) is 16.9. The molecule has 3 rings (SSSR count). The van der Waals surface area contributed by atoms with Crippen LogP contribution in [-0.2, 0) is 6.54 Å². The number of ether oxygens (including phenoxy) is 1. The van der Waals surface area contributed by atoms with Gasteiger partial charge in [0.15, 0.2) is 0 Å². The summed E-state index contributed by atoms with van der Waals surface area (Å²) in [6, 6.07) is 20.6. The number of methoxy groups -OCH3 is 1. The van der Waals surface area contributed by atoms with E-state index in [4.69, 9.17) is 4.74 Å². The van der Waals surface area contributed by atoms with Crippen LogP contribution in [0.15, 0.2) is 54.6 Å². The van der Waals surface area contributed by atoms with Crippen molar-refractivity contribution < 1.29 is 4.74 Å². The molecule has 1 heterocycles. The maximum Gasteiger partial charge on any atom is 0.118 e. The molecule has 0 saturated carbocycles. The van der Waals surface area contributed by atoms with Crippen LogP contribution in [0.1, 0.15) is 37.4 Å². The van der Waals surface area contributed by atoms with Crippen molar-refractivity contribution in [3.05, 3.63) is 65.7 Å². The van der Waals surface area contributed by atoms with Gasteiger partial charge in [0.2, 0.25) is 0 Å². The fraction of sp³-hybridized carbons (Fsp3) is 0.429. The molecular weight excluding hydrogens is 296 g/mol. The zero-order valence-electron chi connectivity index (χ0n) is 14.9. The van der Waals surface area contributed by atoms with Gasteiger partial charge in [-0.1, -0.05) is 42.5 Å². The van der Waals surface area contributed by atoms with Gasteiger partial charge in [-0.25, -0.2) is 0 Å². The van der Waals surface area contributed by atoms with E-state index in [0.29, 0.717) is 18.1 Å². The Labute approximate surface area is 145 Å². The molecule has 1 fully saturated rings. The first-order valence-electron chi connectivity index (χ1n) is 8.83. The Kier molecular flexibility index (Phi) is 5.54. The minimum Gasteiger partial charge on any atom is -0.497 e. The summed E-state index contributed by atoms with van der Waals surface area (Å²) < 4.78 is 5.24. The van der Waals surface area contributed by atoms with Crippen LogP contribution in [0, 0.1) is 0 Å². The molecule has 0 aromatic heterocycles. The average Bonchev–Trinajstić information content (AvgIpc) is 2.95. The topological polar surface area (TPSA) is 24.5 Å². The van der Waals surface area contributed by atoms with Gasteiger partial charge < -0.3 is 10.1 Å². The molecule has 0 bridgehead atoms. The Bertz CT molecular complexity index is 626. The van der Waals surface area contributed by atoms with Gasteiger partial charge in [0.1, 0.15) is 5.75 Å². The minimum absolute atomic E-state index is 0.352. The van der Waals surface area contributed by atoms with E-state index in [2.05, 4.69) is 66.5 Å². The molecule has 1 aliphatic heterocycles. The van der Waals surface area contributed by atoms with Crippen LogP contribution in [0.4, 0.5) is 0 Å². The Balaban J connectivity index is 1.56. The lowest BCUT2D eigenvalue weighted by molar-refractivity contribution is 0.256. The smallest absolute Gasteiger partial charge is 0.118 e. The molecule has 3 heteroatoms. The Morgan fingerprint density at radius 2 is 1.83 bits per heavy atom. The number of likely N-dealkylation sites (tertiary alicyclic amines) is 1. The monoisotopic (exact) mass is 324 g/mol. The van der Waals surface area contributed by atoms with E-state index in [-0.39, 0.29) is 0 Å². The Morgan fingerprint density at radius 1 is 1.12 bits per heavy atom. The summed E-state index contributed by atoms with van der Waals surface area (Å²) in [6.45, 7) is 6.72. The van der Waals surface area contributed by atoms with Crippen molar-refractivity contribution in [1.82, 2.24) is 10.2 Å². The van der Waals surface area contributed by atoms with Gasteiger partial charge in [0.25, 0.3) is 0 Å². The lowest BCUT2D eigenvalue weighted by Crippen LogP contribution is -2.34. The maximum absolute atomic E-state index is 5.24. The molecule has 1 N–H and O–H groups in total. The zero-order valence-corrected chi connectivity index (χ0v) is 14.9. The van der Waals surface area contributed by atoms with Gasteiger partial charge in [0.05, 0.1) is 7.11 Å². The van der Waals surface area contributed by atoms with Crippen molar-refractivity contribution in [2.75, 3.05) is 13.7 Å². The van der Waals surface area contributed by atoms with Crippen LogP contribution in [-0.4, -0.2) is 30.6 Å². The molecule has 2 aromatic carbocycles. The molecule has 0 spiro atoms. The van der Waals surface area contributed by atoms with E-state index < -0.39 is 0 Å². The van der Waals surface area contributed by atoms with Crippen LogP contribution in [0.5, 0.6) is 5.75 Å². The van der Waals surface area contributed by atoms with Crippen molar-refractivity contribution in [1.29, 1.82) is 0 Å². The second-order valence-corrected chi connectivity index (χ2v) is 6.86. The first-order valence-corrected chi connectivity index (χ1v) is 8.83. The van der Waals surface area contributed by atoms with Crippen LogP contribution in [0.3, 0.4) is 0 Å². The number of benzene rings is 2. The molecule has 0 amide bonds. The molecule has 3 unspecified atom stereocenters. The Hall–Kier alpha value is -1.84. The van der Waals surface area contributed by atoms with Crippen molar-refractivity contribution in [2.45, 2.75) is 44.9 Å². The molecule has 2 aromatic rings. The highest BCUT2D eigenvalue weighted by atomic mass is 16.5. The van der Waals surface area contributed by atoms with E-state index in [1.54, 1.807) is 7.11 Å². The third-order valence-electron chi connectivity index (χ3n) is 5.03. The van der Waals surface area contributed by atoms with Crippen LogP contribution < -0.4 is 10.1 Å². The highest BCUT2D eigenvalue weighted by molar-refractivity contribution is 5.29. The number of nitrogens with zero attached hydrogens (tertiary/aromatic N) is 1. The van der Waals surface area contributed by atoms with E-state index in [1.165, 1.54) is 17.5 Å². The van der Waals surface area contributed by atoms with Gasteiger partial charge in [-0.15, -0.1) is 0 Å². The molecule has 1 aliphatic rings. The predicted molar refractivity (Wildman–Crippen MR) is 99.3 cm³/mol. The van der Waals surface area contributed by atoms with Gasteiger partial charge in [-0.2, -0.15) is 0 Å². The van der Waals surface area contributed by atoms with Crippen molar-refractivity contribution in [3.63, 3.8) is 0 Å². The SMILES string of the molecule is COc1ccc(C(C)NC2CC(C)N(Cc3ccccc3)C2)cc1. The van der Waals surface area contributed by atoms with Gasteiger partial charge in [-0.3, -0.25) is 4.90 Å². The second kappa shape index (κ2) is 7.82. The van der Waals surface area contributed by atoms with Gasteiger partial charge in [0, 0.05) is 31.2 Å². The highest BCUT2D eigenvalue weighted by Crippen LogP contribution is 2.24. The fourth-order valence-electron chi connectivity index (χ4n) is 3.60. The van der Waals surface area contributed by atoms with Crippen molar-refractivity contribution in [3.8, 4) is 5.75 Å². The van der Waals surface area contributed by atoms with Gasteiger partial charge in [-0.05, 0) is 43.5 Å². The van der Waals surface area contributed by atoms with Crippen LogP contribution >= 0.6 is 0 Å². The third-order valence-corrected chi connectivity index (χ3v) is 5.03. The van der Waals surface area contributed by atoms with Crippen molar-refractivity contribution in [2.24, 2.45) is 0 Å². The van der Waals surface area contributed by atoms with E-state index in [0.717, 1.165) is 18.8 Å².